The molecule has 1 aromatic heterocycles. The van der Waals surface area contributed by atoms with Crippen molar-refractivity contribution in [2.75, 3.05) is 39.0 Å². The SMILES string of the molecule is CN(C)C[C@@]1(O)CCCN(C(=O)Nc2ccc(Cl)nc2)CC1. The van der Waals surface area contributed by atoms with Crippen LogP contribution in [0.15, 0.2) is 18.3 Å². The third-order valence-corrected chi connectivity index (χ3v) is 4.02. The number of hydrogen-bond donors (Lipinski definition) is 2. The first kappa shape index (κ1) is 17.0. The molecule has 1 atom stereocenters. The molecule has 1 saturated heterocycles. The molecule has 7 heteroatoms. The van der Waals surface area contributed by atoms with Crippen LogP contribution >= 0.6 is 11.6 Å². The number of carbonyl (C=O) groups is 1. The molecule has 0 unspecified atom stereocenters. The Balaban J connectivity index is 1.92. The zero-order chi connectivity index (χ0) is 16.2. The number of nitrogens with zero attached hydrogens (tertiary/aromatic N) is 3. The number of amides is 2. The maximum Gasteiger partial charge on any atom is 0.321 e. The van der Waals surface area contributed by atoms with Crippen molar-refractivity contribution in [3.8, 4) is 0 Å². The number of likely N-dealkylation sites (tertiary alicyclic amines) is 1. The highest BCUT2D eigenvalue weighted by Crippen LogP contribution is 2.23. The van der Waals surface area contributed by atoms with Crippen molar-refractivity contribution in [2.24, 2.45) is 0 Å². The van der Waals surface area contributed by atoms with Gasteiger partial charge in [-0.05, 0) is 45.5 Å². The molecule has 2 N–H and O–H groups in total. The summed E-state index contributed by atoms with van der Waals surface area (Å²) >= 11 is 5.73. The molecule has 1 fully saturated rings. The van der Waals surface area contributed by atoms with E-state index in [2.05, 4.69) is 10.3 Å². The monoisotopic (exact) mass is 326 g/mol. The lowest BCUT2D eigenvalue weighted by atomic mass is 9.94. The number of aromatic nitrogens is 1. The number of urea groups is 1. The number of nitrogens with one attached hydrogen (secondary N) is 1. The molecule has 0 saturated carbocycles. The van der Waals surface area contributed by atoms with Crippen LogP contribution in [-0.2, 0) is 0 Å². The average Bonchev–Trinajstić information content (AvgIpc) is 2.62. The van der Waals surface area contributed by atoms with Gasteiger partial charge in [-0.15, -0.1) is 0 Å². The summed E-state index contributed by atoms with van der Waals surface area (Å²) in [4.78, 5) is 20.0. The lowest BCUT2D eigenvalue weighted by Crippen LogP contribution is -2.42. The Kier molecular flexibility index (Phi) is 5.61. The second-order valence-corrected chi connectivity index (χ2v) is 6.49. The van der Waals surface area contributed by atoms with E-state index in [9.17, 15) is 9.90 Å². The zero-order valence-corrected chi connectivity index (χ0v) is 13.8. The Morgan fingerprint density at radius 1 is 1.45 bits per heavy atom. The van der Waals surface area contributed by atoms with Crippen molar-refractivity contribution >= 4 is 23.3 Å². The lowest BCUT2D eigenvalue weighted by molar-refractivity contribution is 0.00361. The van der Waals surface area contributed by atoms with Gasteiger partial charge < -0.3 is 20.2 Å². The van der Waals surface area contributed by atoms with Gasteiger partial charge in [-0.3, -0.25) is 0 Å². The number of halogens is 1. The number of pyridine rings is 1. The summed E-state index contributed by atoms with van der Waals surface area (Å²) in [5.41, 5.74) is -0.109. The van der Waals surface area contributed by atoms with Gasteiger partial charge in [-0.2, -0.15) is 0 Å². The van der Waals surface area contributed by atoms with Gasteiger partial charge in [0.15, 0.2) is 0 Å². The fraction of sp³-hybridized carbons (Fsp3) is 0.600. The summed E-state index contributed by atoms with van der Waals surface area (Å²) in [5.74, 6) is 0. The number of rotatable bonds is 3. The Morgan fingerprint density at radius 2 is 2.23 bits per heavy atom. The third kappa shape index (κ3) is 4.83. The third-order valence-electron chi connectivity index (χ3n) is 3.79. The number of likely N-dealkylation sites (N-methyl/N-ethyl adjacent to an activating group) is 1. The second kappa shape index (κ2) is 7.26. The number of anilines is 1. The van der Waals surface area contributed by atoms with Crippen LogP contribution in [0, 0.1) is 0 Å². The molecule has 1 aromatic rings. The fourth-order valence-corrected chi connectivity index (χ4v) is 2.89. The highest BCUT2D eigenvalue weighted by atomic mass is 35.5. The molecule has 1 aliphatic heterocycles. The molecule has 6 nitrogen and oxygen atoms in total. The van der Waals surface area contributed by atoms with Crippen LogP contribution in [0.2, 0.25) is 5.15 Å². The van der Waals surface area contributed by atoms with Gasteiger partial charge in [-0.1, -0.05) is 11.6 Å². The highest BCUT2D eigenvalue weighted by molar-refractivity contribution is 6.29. The van der Waals surface area contributed by atoms with Gasteiger partial charge >= 0.3 is 6.03 Å². The van der Waals surface area contributed by atoms with Crippen LogP contribution in [0.3, 0.4) is 0 Å². The van der Waals surface area contributed by atoms with E-state index in [1.165, 1.54) is 6.20 Å². The smallest absolute Gasteiger partial charge is 0.321 e. The first-order chi connectivity index (χ1) is 10.4. The van der Waals surface area contributed by atoms with Gasteiger partial charge in [0.25, 0.3) is 0 Å². The maximum absolute atomic E-state index is 12.3. The van der Waals surface area contributed by atoms with E-state index >= 15 is 0 Å². The zero-order valence-electron chi connectivity index (χ0n) is 13.0. The largest absolute Gasteiger partial charge is 0.388 e. The standard InChI is InChI=1S/C15H23ClN4O2/c1-19(2)11-15(22)6-3-8-20(9-7-15)14(21)18-12-4-5-13(16)17-10-12/h4-5,10,22H,3,6-9,11H2,1-2H3,(H,18,21)/t15-/m1/s1. The summed E-state index contributed by atoms with van der Waals surface area (Å²) in [7, 11) is 3.89. The maximum atomic E-state index is 12.3. The van der Waals surface area contributed by atoms with Crippen LogP contribution < -0.4 is 5.32 Å². The van der Waals surface area contributed by atoms with Crippen molar-refractivity contribution in [1.82, 2.24) is 14.8 Å². The van der Waals surface area contributed by atoms with Crippen molar-refractivity contribution in [1.29, 1.82) is 0 Å². The molecule has 0 aromatic carbocycles. The van der Waals surface area contributed by atoms with E-state index < -0.39 is 5.60 Å². The molecule has 2 rings (SSSR count). The summed E-state index contributed by atoms with van der Waals surface area (Å²) in [6, 6.07) is 3.18. The predicted molar refractivity (Wildman–Crippen MR) is 87.2 cm³/mol. The quantitative estimate of drug-likeness (QED) is 0.834. The minimum Gasteiger partial charge on any atom is -0.388 e. The van der Waals surface area contributed by atoms with Crippen molar-refractivity contribution in [2.45, 2.75) is 24.9 Å². The van der Waals surface area contributed by atoms with Crippen molar-refractivity contribution < 1.29 is 9.90 Å². The Morgan fingerprint density at radius 3 is 2.86 bits per heavy atom. The number of aliphatic hydroxyl groups is 1. The molecular weight excluding hydrogens is 304 g/mol. The predicted octanol–water partition coefficient (Wildman–Crippen LogP) is 2.05. The Hall–Kier alpha value is -1.37. The van der Waals surface area contributed by atoms with E-state index in [1.54, 1.807) is 17.0 Å². The Labute approximate surface area is 136 Å². The summed E-state index contributed by atoms with van der Waals surface area (Å²) < 4.78 is 0. The molecule has 22 heavy (non-hydrogen) atoms. The molecular formula is C15H23ClN4O2. The summed E-state index contributed by atoms with van der Waals surface area (Å²) in [5, 5.41) is 13.8. The highest BCUT2D eigenvalue weighted by Gasteiger charge is 2.31. The first-order valence-electron chi connectivity index (χ1n) is 7.43. The fourth-order valence-electron chi connectivity index (χ4n) is 2.78. The minimum absolute atomic E-state index is 0.168. The van der Waals surface area contributed by atoms with Crippen LogP contribution in [0.25, 0.3) is 0 Å². The topological polar surface area (TPSA) is 68.7 Å². The summed E-state index contributed by atoms with van der Waals surface area (Å²) in [6.45, 7) is 1.79. The Bertz CT molecular complexity index is 509. The van der Waals surface area contributed by atoms with Crippen molar-refractivity contribution in [3.63, 3.8) is 0 Å². The average molecular weight is 327 g/mol. The van der Waals surface area contributed by atoms with Gasteiger partial charge in [0, 0.05) is 19.6 Å². The first-order valence-corrected chi connectivity index (χ1v) is 7.80. The van der Waals surface area contributed by atoms with E-state index in [0.29, 0.717) is 43.3 Å². The van der Waals surface area contributed by atoms with E-state index in [-0.39, 0.29) is 6.03 Å². The minimum atomic E-state index is -0.722. The summed E-state index contributed by atoms with van der Waals surface area (Å²) in [6.07, 6.45) is 3.60. The van der Waals surface area contributed by atoms with Gasteiger partial charge in [0.05, 0.1) is 17.5 Å². The molecule has 2 heterocycles. The molecule has 1 aliphatic rings. The van der Waals surface area contributed by atoms with Gasteiger partial charge in [0.1, 0.15) is 5.15 Å². The van der Waals surface area contributed by atoms with E-state index in [0.717, 1.165) is 6.42 Å². The molecule has 0 radical (unpaired) electrons. The molecule has 0 bridgehead atoms. The normalized spacial score (nSPS) is 22.5. The van der Waals surface area contributed by atoms with Crippen LogP contribution in [0.1, 0.15) is 19.3 Å². The second-order valence-electron chi connectivity index (χ2n) is 6.10. The number of carbonyl (C=O) groups excluding carboxylic acids is 1. The van der Waals surface area contributed by atoms with Gasteiger partial charge in [-0.25, -0.2) is 9.78 Å². The van der Waals surface area contributed by atoms with E-state index in [4.69, 9.17) is 11.6 Å². The van der Waals surface area contributed by atoms with E-state index in [1.807, 2.05) is 19.0 Å². The molecule has 122 valence electrons. The van der Waals surface area contributed by atoms with Crippen molar-refractivity contribution in [3.05, 3.63) is 23.5 Å². The lowest BCUT2D eigenvalue weighted by Gasteiger charge is -2.29. The van der Waals surface area contributed by atoms with Crippen LogP contribution in [0.5, 0.6) is 0 Å². The molecule has 0 aliphatic carbocycles. The molecule has 2 amide bonds. The number of hydrogen-bond acceptors (Lipinski definition) is 4. The molecule has 0 spiro atoms. The van der Waals surface area contributed by atoms with Gasteiger partial charge in [0.2, 0.25) is 0 Å². The van der Waals surface area contributed by atoms with Crippen LogP contribution in [-0.4, -0.2) is 65.3 Å². The van der Waals surface area contributed by atoms with Crippen LogP contribution in [0.4, 0.5) is 10.5 Å².